The number of hydrogen-bond acceptors (Lipinski definition) is 5. The van der Waals surface area contributed by atoms with Crippen LogP contribution in [0.15, 0.2) is 48.9 Å². The number of carbonyl (C=O) groups excluding carboxylic acids is 2. The highest BCUT2D eigenvalue weighted by molar-refractivity contribution is 6.52. The number of benzene rings is 1. The van der Waals surface area contributed by atoms with Gasteiger partial charge in [0.05, 0.1) is 6.20 Å². The van der Waals surface area contributed by atoms with Crippen molar-refractivity contribution in [1.29, 1.82) is 0 Å². The third-order valence-electron chi connectivity index (χ3n) is 4.69. The Morgan fingerprint density at radius 2 is 1.86 bits per heavy atom. The molecule has 2 aromatic rings. The lowest BCUT2D eigenvalue weighted by Gasteiger charge is -2.26. The second-order valence-corrected chi connectivity index (χ2v) is 7.49. The van der Waals surface area contributed by atoms with Crippen molar-refractivity contribution in [2.75, 3.05) is 7.11 Å². The van der Waals surface area contributed by atoms with E-state index in [4.69, 9.17) is 4.65 Å². The molecule has 29 heavy (non-hydrogen) atoms. The Morgan fingerprint density at radius 1 is 1.14 bits per heavy atom. The summed E-state index contributed by atoms with van der Waals surface area (Å²) >= 11 is 0. The summed E-state index contributed by atoms with van der Waals surface area (Å²) in [5.41, 5.74) is 1.12. The minimum absolute atomic E-state index is 0.144. The highest BCUT2D eigenvalue weighted by Gasteiger charge is 2.29. The van der Waals surface area contributed by atoms with Crippen molar-refractivity contribution in [3.05, 3.63) is 60.2 Å². The van der Waals surface area contributed by atoms with E-state index in [1.165, 1.54) is 18.6 Å². The van der Waals surface area contributed by atoms with Crippen molar-refractivity contribution < 1.29 is 14.2 Å². The third-order valence-corrected chi connectivity index (χ3v) is 4.69. The molecule has 2 atom stereocenters. The fourth-order valence-electron chi connectivity index (χ4n) is 3.03. The maximum atomic E-state index is 13.1. The number of aromatic nitrogens is 2. The topological polar surface area (TPSA) is 93.2 Å². The molecule has 2 amide bonds. The van der Waals surface area contributed by atoms with E-state index in [0.717, 1.165) is 12.0 Å². The number of rotatable bonds is 10. The average molecular weight is 396 g/mol. The Labute approximate surface area is 172 Å². The highest BCUT2D eigenvalue weighted by atomic mass is 16.4. The van der Waals surface area contributed by atoms with Crippen LogP contribution in [0.5, 0.6) is 0 Å². The zero-order valence-electron chi connectivity index (χ0n) is 17.5. The van der Waals surface area contributed by atoms with Crippen LogP contribution in [-0.2, 0) is 15.9 Å². The first-order chi connectivity index (χ1) is 13.9. The van der Waals surface area contributed by atoms with Crippen LogP contribution in [0, 0.1) is 5.92 Å². The summed E-state index contributed by atoms with van der Waals surface area (Å²) in [6.07, 6.45) is 5.46. The molecule has 2 rings (SSSR count). The second kappa shape index (κ2) is 11.3. The fraction of sp³-hybridized carbons (Fsp3) is 0.429. The van der Waals surface area contributed by atoms with Crippen molar-refractivity contribution in [2.45, 2.75) is 45.5 Å². The van der Waals surface area contributed by atoms with Crippen LogP contribution in [-0.4, -0.2) is 47.8 Å². The largest absolute Gasteiger partial charge is 0.437 e. The van der Waals surface area contributed by atoms with Crippen molar-refractivity contribution in [3.8, 4) is 0 Å². The van der Waals surface area contributed by atoms with Crippen LogP contribution in [0.3, 0.4) is 0 Å². The molecule has 7 nitrogen and oxygen atoms in total. The van der Waals surface area contributed by atoms with E-state index in [1.54, 1.807) is 7.11 Å². The van der Waals surface area contributed by atoms with Crippen LogP contribution >= 0.6 is 0 Å². The van der Waals surface area contributed by atoms with Crippen molar-refractivity contribution in [2.24, 2.45) is 5.92 Å². The molecule has 2 N–H and O–H groups in total. The van der Waals surface area contributed by atoms with Gasteiger partial charge in [0.2, 0.25) is 5.91 Å². The molecule has 0 bridgehead atoms. The van der Waals surface area contributed by atoms with E-state index >= 15 is 0 Å². The molecule has 1 aromatic carbocycles. The van der Waals surface area contributed by atoms with Crippen molar-refractivity contribution in [1.82, 2.24) is 20.6 Å². The number of hydrogen-bond donors (Lipinski definition) is 2. The van der Waals surface area contributed by atoms with Gasteiger partial charge in [-0.2, -0.15) is 0 Å². The fourth-order valence-corrected chi connectivity index (χ4v) is 3.03. The molecule has 0 spiro atoms. The van der Waals surface area contributed by atoms with E-state index in [2.05, 4.69) is 34.4 Å². The van der Waals surface area contributed by atoms with E-state index < -0.39 is 11.9 Å². The molecule has 1 heterocycles. The molecule has 1 aromatic heterocycles. The Kier molecular flexibility index (Phi) is 8.80. The number of nitrogens with zero attached hydrogens (tertiary/aromatic N) is 2. The van der Waals surface area contributed by atoms with Crippen LogP contribution in [0.4, 0.5) is 0 Å². The SMILES string of the molecule is COB(C)[C@@H](CC(C)C)NC(=O)[C@H](Cc1ccccc1)NC(=O)c1cnccn1. The second-order valence-electron chi connectivity index (χ2n) is 7.49. The zero-order chi connectivity index (χ0) is 21.2. The van der Waals surface area contributed by atoms with Gasteiger partial charge in [0.25, 0.3) is 5.91 Å². The van der Waals surface area contributed by atoms with Gasteiger partial charge in [0.15, 0.2) is 0 Å². The Morgan fingerprint density at radius 3 is 2.45 bits per heavy atom. The first-order valence-corrected chi connectivity index (χ1v) is 9.84. The van der Waals surface area contributed by atoms with Gasteiger partial charge in [-0.05, 0) is 17.9 Å². The molecule has 154 valence electrons. The van der Waals surface area contributed by atoms with E-state index in [0.29, 0.717) is 12.3 Å². The summed E-state index contributed by atoms with van der Waals surface area (Å²) < 4.78 is 5.44. The lowest BCUT2D eigenvalue weighted by atomic mass is 9.60. The molecule has 0 aliphatic carbocycles. The minimum atomic E-state index is -0.745. The average Bonchev–Trinajstić information content (AvgIpc) is 2.73. The van der Waals surface area contributed by atoms with Crippen LogP contribution in [0.1, 0.15) is 36.3 Å². The number of nitrogens with one attached hydrogen (secondary N) is 2. The smallest absolute Gasteiger partial charge is 0.312 e. The predicted molar refractivity (Wildman–Crippen MR) is 113 cm³/mol. The maximum Gasteiger partial charge on any atom is 0.312 e. The van der Waals surface area contributed by atoms with Crippen molar-refractivity contribution >= 4 is 18.7 Å². The lowest BCUT2D eigenvalue weighted by Crippen LogP contribution is -2.54. The van der Waals surface area contributed by atoms with Gasteiger partial charge >= 0.3 is 6.92 Å². The third kappa shape index (κ3) is 7.31. The molecule has 0 fully saturated rings. The lowest BCUT2D eigenvalue weighted by molar-refractivity contribution is -0.123. The molecule has 0 aliphatic rings. The molecule has 0 saturated heterocycles. The monoisotopic (exact) mass is 396 g/mol. The summed E-state index contributed by atoms with van der Waals surface area (Å²) in [5.74, 6) is -0.450. The zero-order valence-corrected chi connectivity index (χ0v) is 17.5. The van der Waals surface area contributed by atoms with Gasteiger partial charge in [-0.3, -0.25) is 14.6 Å². The molecule has 0 aliphatic heterocycles. The number of carbonyl (C=O) groups is 2. The van der Waals surface area contributed by atoms with Crippen LogP contribution < -0.4 is 10.6 Å². The Bertz CT molecular complexity index is 774. The molecule has 0 radical (unpaired) electrons. The molecule has 8 heteroatoms. The molecule has 0 unspecified atom stereocenters. The van der Waals surface area contributed by atoms with Crippen molar-refractivity contribution in [3.63, 3.8) is 0 Å². The summed E-state index contributed by atoms with van der Waals surface area (Å²) in [7, 11) is 1.63. The summed E-state index contributed by atoms with van der Waals surface area (Å²) in [6, 6.07) is 8.84. The van der Waals surface area contributed by atoms with E-state index in [1.807, 2.05) is 37.2 Å². The van der Waals surface area contributed by atoms with Gasteiger partial charge in [0.1, 0.15) is 11.7 Å². The molecular formula is C21H29BN4O3. The molecular weight excluding hydrogens is 367 g/mol. The van der Waals surface area contributed by atoms with Gasteiger partial charge in [-0.1, -0.05) is 51.0 Å². The Balaban J connectivity index is 2.18. The molecule has 0 saturated carbocycles. The highest BCUT2D eigenvalue weighted by Crippen LogP contribution is 2.10. The summed E-state index contributed by atoms with van der Waals surface area (Å²) in [4.78, 5) is 33.6. The van der Waals surface area contributed by atoms with Gasteiger partial charge < -0.3 is 15.3 Å². The van der Waals surface area contributed by atoms with E-state index in [9.17, 15) is 9.59 Å². The van der Waals surface area contributed by atoms with Gasteiger partial charge in [-0.25, -0.2) is 4.98 Å². The van der Waals surface area contributed by atoms with Gasteiger partial charge in [-0.15, -0.1) is 0 Å². The summed E-state index contributed by atoms with van der Waals surface area (Å²) in [5, 5.41) is 5.86. The standard InChI is InChI=1S/C21H29BN4O3/c1-15(2)12-19(22(3)29-4)26-20(27)17(13-16-8-6-5-7-9-16)25-21(28)18-14-23-10-11-24-18/h5-11,14-15,17,19H,12-13H2,1-4H3,(H,25,28)(H,26,27)/t17-,19+/m0/s1. The Hall–Kier alpha value is -2.74. The van der Waals surface area contributed by atoms with E-state index in [-0.39, 0.29) is 24.5 Å². The normalized spacial score (nSPS) is 12.9. The number of amides is 2. The van der Waals surface area contributed by atoms with Gasteiger partial charge in [0, 0.05) is 31.9 Å². The summed E-state index contributed by atoms with van der Waals surface area (Å²) in [6.45, 7) is 5.98. The predicted octanol–water partition coefficient (Wildman–Crippen LogP) is 2.16. The minimum Gasteiger partial charge on any atom is -0.437 e. The quantitative estimate of drug-likeness (QED) is 0.601. The first kappa shape index (κ1) is 22.6. The van der Waals surface area contributed by atoms with Crippen LogP contribution in [0.2, 0.25) is 6.82 Å². The first-order valence-electron chi connectivity index (χ1n) is 9.84. The van der Waals surface area contributed by atoms with Crippen LogP contribution in [0.25, 0.3) is 0 Å². The maximum absolute atomic E-state index is 13.1.